The second-order valence-corrected chi connectivity index (χ2v) is 3.33. The van der Waals surface area contributed by atoms with E-state index in [9.17, 15) is 0 Å². The lowest BCUT2D eigenvalue weighted by Gasteiger charge is -1.94. The third-order valence-electron chi connectivity index (χ3n) is 2.16. The fraction of sp³-hybridized carbons (Fsp3) is 0.300. The van der Waals surface area contributed by atoms with E-state index in [1.54, 1.807) is 23.9 Å². The topological polar surface area (TPSA) is 87.9 Å². The van der Waals surface area contributed by atoms with Gasteiger partial charge in [0, 0.05) is 19.7 Å². The van der Waals surface area contributed by atoms with Gasteiger partial charge in [0.25, 0.3) is 5.89 Å². The summed E-state index contributed by atoms with van der Waals surface area (Å²) in [6.07, 6.45) is 2.05. The zero-order chi connectivity index (χ0) is 11.5. The largest absolute Gasteiger partial charge is 0.396 e. The molecule has 2 rings (SSSR count). The van der Waals surface area contributed by atoms with Crippen LogP contribution in [0.5, 0.6) is 0 Å². The maximum absolute atomic E-state index is 8.75. The van der Waals surface area contributed by atoms with Crippen molar-refractivity contribution in [1.82, 2.24) is 14.7 Å². The Kier molecular flexibility index (Phi) is 2.70. The molecule has 0 aliphatic carbocycles. The Morgan fingerprint density at radius 1 is 1.62 bits per heavy atom. The average molecular weight is 218 g/mol. The van der Waals surface area contributed by atoms with Gasteiger partial charge in [-0.2, -0.15) is 10.2 Å². The summed E-state index contributed by atoms with van der Waals surface area (Å²) in [5, 5.41) is 21.2. The van der Waals surface area contributed by atoms with Crippen molar-refractivity contribution in [1.29, 1.82) is 5.26 Å². The smallest absolute Gasteiger partial charge is 0.274 e. The molecule has 0 saturated carbocycles. The summed E-state index contributed by atoms with van der Waals surface area (Å²) >= 11 is 0. The van der Waals surface area contributed by atoms with E-state index in [2.05, 4.69) is 10.1 Å². The molecule has 0 unspecified atom stereocenters. The molecule has 0 saturated heterocycles. The van der Waals surface area contributed by atoms with E-state index >= 15 is 0 Å². The molecule has 0 radical (unpaired) electrons. The highest BCUT2D eigenvalue weighted by atomic mass is 16.5. The first-order valence-corrected chi connectivity index (χ1v) is 4.75. The minimum absolute atomic E-state index is 0.0183. The number of aromatic nitrogens is 3. The van der Waals surface area contributed by atoms with Gasteiger partial charge < -0.3 is 14.2 Å². The van der Waals surface area contributed by atoms with Gasteiger partial charge in [-0.15, -0.1) is 0 Å². The van der Waals surface area contributed by atoms with Gasteiger partial charge in [-0.05, 0) is 6.07 Å². The van der Waals surface area contributed by atoms with E-state index in [0.717, 1.165) is 0 Å². The number of aliphatic hydroxyl groups excluding tert-OH is 1. The number of aliphatic hydroxyl groups is 1. The van der Waals surface area contributed by atoms with Crippen LogP contribution in [-0.2, 0) is 13.5 Å². The van der Waals surface area contributed by atoms with Crippen molar-refractivity contribution in [2.75, 3.05) is 6.61 Å². The Morgan fingerprint density at radius 2 is 2.44 bits per heavy atom. The summed E-state index contributed by atoms with van der Waals surface area (Å²) in [5.41, 5.74) is 1.23. The van der Waals surface area contributed by atoms with Crippen LogP contribution in [0.15, 0.2) is 16.8 Å². The molecule has 2 aromatic rings. The second-order valence-electron chi connectivity index (χ2n) is 3.33. The summed E-state index contributed by atoms with van der Waals surface area (Å²) in [5.74, 6) is 0.810. The van der Waals surface area contributed by atoms with Gasteiger partial charge >= 0.3 is 0 Å². The van der Waals surface area contributed by atoms with E-state index in [-0.39, 0.29) is 6.61 Å². The van der Waals surface area contributed by atoms with Crippen molar-refractivity contribution in [2.45, 2.75) is 6.42 Å². The van der Waals surface area contributed by atoms with Crippen LogP contribution in [-0.4, -0.2) is 26.4 Å². The molecule has 0 aliphatic rings. The van der Waals surface area contributed by atoms with Crippen LogP contribution < -0.4 is 0 Å². The minimum Gasteiger partial charge on any atom is -0.396 e. The maximum atomic E-state index is 8.75. The predicted molar refractivity (Wildman–Crippen MR) is 54.2 cm³/mol. The van der Waals surface area contributed by atoms with Gasteiger partial charge in [0.1, 0.15) is 11.8 Å². The SMILES string of the molecule is Cn1cc(C#N)cc1-c1nc(CCO)no1. The first kappa shape index (κ1) is 10.4. The molecule has 0 aromatic carbocycles. The van der Waals surface area contributed by atoms with Crippen LogP contribution in [0.25, 0.3) is 11.6 Å². The average Bonchev–Trinajstić information content (AvgIpc) is 2.85. The Morgan fingerprint density at radius 3 is 3.06 bits per heavy atom. The first-order chi connectivity index (χ1) is 7.74. The van der Waals surface area contributed by atoms with Gasteiger partial charge in [0.15, 0.2) is 5.82 Å². The highest BCUT2D eigenvalue weighted by molar-refractivity contribution is 5.52. The fourth-order valence-corrected chi connectivity index (χ4v) is 1.40. The summed E-state index contributed by atoms with van der Waals surface area (Å²) in [6, 6.07) is 3.72. The predicted octanol–water partition coefficient (Wildman–Crippen LogP) is 0.482. The molecular formula is C10H10N4O2. The Labute approximate surface area is 91.7 Å². The number of hydrogen-bond acceptors (Lipinski definition) is 5. The molecule has 0 amide bonds. The molecule has 0 bridgehead atoms. The van der Waals surface area contributed by atoms with Crippen LogP contribution in [0.4, 0.5) is 0 Å². The minimum atomic E-state index is -0.0183. The zero-order valence-corrected chi connectivity index (χ0v) is 8.71. The van der Waals surface area contributed by atoms with E-state index in [4.69, 9.17) is 14.9 Å². The molecule has 6 heteroatoms. The quantitative estimate of drug-likeness (QED) is 0.809. The fourth-order valence-electron chi connectivity index (χ4n) is 1.40. The highest BCUT2D eigenvalue weighted by Gasteiger charge is 2.12. The van der Waals surface area contributed by atoms with Gasteiger partial charge in [-0.25, -0.2) is 0 Å². The van der Waals surface area contributed by atoms with Gasteiger partial charge in [0.05, 0.1) is 12.2 Å². The highest BCUT2D eigenvalue weighted by Crippen LogP contribution is 2.19. The third-order valence-corrected chi connectivity index (χ3v) is 2.16. The molecule has 0 fully saturated rings. The Bertz CT molecular complexity index is 535. The van der Waals surface area contributed by atoms with Crippen LogP contribution >= 0.6 is 0 Å². The Balaban J connectivity index is 2.35. The van der Waals surface area contributed by atoms with E-state index in [1.807, 2.05) is 6.07 Å². The molecule has 0 atom stereocenters. The second kappa shape index (κ2) is 4.16. The lowest BCUT2D eigenvalue weighted by Crippen LogP contribution is -1.93. The summed E-state index contributed by atoms with van der Waals surface area (Å²) < 4.78 is 6.78. The molecule has 6 nitrogen and oxygen atoms in total. The zero-order valence-electron chi connectivity index (χ0n) is 8.71. The van der Waals surface area contributed by atoms with Crippen LogP contribution in [0.1, 0.15) is 11.4 Å². The molecule has 82 valence electrons. The normalized spacial score (nSPS) is 10.3. The van der Waals surface area contributed by atoms with Crippen molar-refractivity contribution in [2.24, 2.45) is 7.05 Å². The molecule has 0 spiro atoms. The summed E-state index contributed by atoms with van der Waals surface area (Å²) in [7, 11) is 1.80. The van der Waals surface area contributed by atoms with Gasteiger partial charge in [0.2, 0.25) is 0 Å². The number of nitrogens with zero attached hydrogens (tertiary/aromatic N) is 4. The number of rotatable bonds is 3. The van der Waals surface area contributed by atoms with Crippen molar-refractivity contribution >= 4 is 0 Å². The maximum Gasteiger partial charge on any atom is 0.274 e. The number of aryl methyl sites for hydroxylation is 1. The standard InChI is InChI=1S/C10H10N4O2/c1-14-6-7(5-11)4-8(14)10-12-9(2-3-15)13-16-10/h4,6,15H,2-3H2,1H3. The van der Waals surface area contributed by atoms with Crippen molar-refractivity contribution < 1.29 is 9.63 Å². The van der Waals surface area contributed by atoms with Crippen molar-refractivity contribution in [3.8, 4) is 17.7 Å². The molecule has 2 heterocycles. The monoisotopic (exact) mass is 218 g/mol. The van der Waals surface area contributed by atoms with Crippen LogP contribution in [0.2, 0.25) is 0 Å². The van der Waals surface area contributed by atoms with Crippen molar-refractivity contribution in [3.05, 3.63) is 23.7 Å². The number of hydrogen-bond donors (Lipinski definition) is 1. The summed E-state index contributed by atoms with van der Waals surface area (Å²) in [4.78, 5) is 4.11. The van der Waals surface area contributed by atoms with Crippen molar-refractivity contribution in [3.63, 3.8) is 0 Å². The molecule has 1 N–H and O–H groups in total. The third kappa shape index (κ3) is 1.81. The van der Waals surface area contributed by atoms with Gasteiger partial charge in [-0.1, -0.05) is 5.16 Å². The van der Waals surface area contributed by atoms with E-state index in [1.165, 1.54) is 0 Å². The molecular weight excluding hydrogens is 208 g/mol. The van der Waals surface area contributed by atoms with E-state index in [0.29, 0.717) is 29.4 Å². The van der Waals surface area contributed by atoms with Gasteiger partial charge in [-0.3, -0.25) is 0 Å². The molecule has 2 aromatic heterocycles. The molecule has 0 aliphatic heterocycles. The summed E-state index contributed by atoms with van der Waals surface area (Å²) in [6.45, 7) is -0.0183. The Hall–Kier alpha value is -2.13. The van der Waals surface area contributed by atoms with Crippen LogP contribution in [0, 0.1) is 11.3 Å². The number of nitriles is 1. The lowest BCUT2D eigenvalue weighted by molar-refractivity contribution is 0.293. The molecule has 16 heavy (non-hydrogen) atoms. The first-order valence-electron chi connectivity index (χ1n) is 4.75. The lowest BCUT2D eigenvalue weighted by atomic mass is 10.3. The van der Waals surface area contributed by atoms with E-state index < -0.39 is 0 Å². The van der Waals surface area contributed by atoms with Crippen LogP contribution in [0.3, 0.4) is 0 Å².